The zero-order valence-electron chi connectivity index (χ0n) is 16.7. The number of aromatic nitrogens is 2. The van der Waals surface area contributed by atoms with Crippen molar-refractivity contribution in [3.05, 3.63) is 42.2 Å². The molecule has 0 aliphatic rings. The van der Waals surface area contributed by atoms with Crippen LogP contribution >= 0.6 is 0 Å². The van der Waals surface area contributed by atoms with Gasteiger partial charge in [0.15, 0.2) is 0 Å². The number of benzene rings is 1. The molecule has 0 spiro atoms. The van der Waals surface area contributed by atoms with E-state index in [2.05, 4.69) is 34.2 Å². The number of nitrogens with one attached hydrogen (secondary N) is 1. The third-order valence-electron chi connectivity index (χ3n) is 3.75. The van der Waals surface area contributed by atoms with Gasteiger partial charge >= 0.3 is 18.0 Å². The lowest BCUT2D eigenvalue weighted by Gasteiger charge is -2.21. The molecule has 1 heterocycles. The molecular weight excluding hydrogens is 399 g/mol. The molecule has 0 saturated carbocycles. The normalized spacial score (nSPS) is 11.8. The Morgan fingerprint density at radius 2 is 1.73 bits per heavy atom. The highest BCUT2D eigenvalue weighted by molar-refractivity contribution is 5.89. The number of rotatable bonds is 10. The molecule has 0 aliphatic carbocycles. The number of carboxylic acids is 2. The van der Waals surface area contributed by atoms with Gasteiger partial charge in [-0.2, -0.15) is 4.98 Å². The molecular formula is C19H25FN4O6. The Balaban J connectivity index is 0.000000479. The standard InChI is InChI=1S/C15H21FN4O2.C4H4O4/c1-3-20(4-2)10-13(21)9-17-15-18-14(19-22-15)11-5-7-12(16)8-6-11;5-3(6)1-2-4(7)8/h5-8,13,21H,3-4,9-10H2,1-2H3,(H,17,18,19);1-2H,(H,5,6)(H,7,8)/b;2-1+. The molecule has 10 nitrogen and oxygen atoms in total. The third kappa shape index (κ3) is 9.75. The van der Waals surface area contributed by atoms with Crippen LogP contribution in [0.2, 0.25) is 0 Å². The first-order chi connectivity index (χ1) is 14.2. The summed E-state index contributed by atoms with van der Waals surface area (Å²) in [4.78, 5) is 25.4. The van der Waals surface area contributed by atoms with E-state index in [1.807, 2.05) is 0 Å². The molecule has 0 fully saturated rings. The molecule has 0 bridgehead atoms. The second-order valence-corrected chi connectivity index (χ2v) is 5.96. The number of hydrogen-bond acceptors (Lipinski definition) is 8. The van der Waals surface area contributed by atoms with Crippen LogP contribution in [0.4, 0.5) is 10.4 Å². The van der Waals surface area contributed by atoms with E-state index in [0.717, 1.165) is 13.1 Å². The summed E-state index contributed by atoms with van der Waals surface area (Å²) in [5.74, 6) is -2.45. The Hall–Kier alpha value is -3.31. The summed E-state index contributed by atoms with van der Waals surface area (Å²) in [6.07, 6.45) is 0.589. The molecule has 11 heteroatoms. The molecule has 1 aromatic heterocycles. The van der Waals surface area contributed by atoms with Gasteiger partial charge in [0.05, 0.1) is 6.10 Å². The highest BCUT2D eigenvalue weighted by Gasteiger charge is 2.12. The van der Waals surface area contributed by atoms with Crippen molar-refractivity contribution in [3.63, 3.8) is 0 Å². The Labute approximate surface area is 172 Å². The van der Waals surface area contributed by atoms with E-state index in [-0.39, 0.29) is 11.8 Å². The Kier molecular flexibility index (Phi) is 10.7. The number of likely N-dealkylation sites (N-methyl/N-ethyl adjacent to an activating group) is 1. The van der Waals surface area contributed by atoms with Crippen molar-refractivity contribution < 1.29 is 33.8 Å². The van der Waals surface area contributed by atoms with Crippen molar-refractivity contribution in [1.29, 1.82) is 0 Å². The second kappa shape index (κ2) is 13.0. The summed E-state index contributed by atoms with van der Waals surface area (Å²) < 4.78 is 17.9. The van der Waals surface area contributed by atoms with E-state index in [1.54, 1.807) is 12.1 Å². The molecule has 0 aliphatic heterocycles. The van der Waals surface area contributed by atoms with E-state index in [9.17, 15) is 19.1 Å². The van der Waals surface area contributed by atoms with Crippen molar-refractivity contribution in [3.8, 4) is 11.4 Å². The van der Waals surface area contributed by atoms with Crippen LogP contribution in [0.25, 0.3) is 11.4 Å². The van der Waals surface area contributed by atoms with Gasteiger partial charge in [-0.15, -0.1) is 0 Å². The molecule has 164 valence electrons. The van der Waals surface area contributed by atoms with Gasteiger partial charge in [0.1, 0.15) is 5.82 Å². The van der Waals surface area contributed by atoms with Crippen LogP contribution in [-0.2, 0) is 9.59 Å². The van der Waals surface area contributed by atoms with Gasteiger partial charge < -0.3 is 30.1 Å². The number of hydrogen-bond donors (Lipinski definition) is 4. The van der Waals surface area contributed by atoms with Crippen LogP contribution in [-0.4, -0.2) is 74.6 Å². The van der Waals surface area contributed by atoms with Gasteiger partial charge in [0.2, 0.25) is 5.82 Å². The fourth-order valence-corrected chi connectivity index (χ4v) is 2.20. The number of aliphatic hydroxyl groups excluding tert-OH is 1. The number of carboxylic acid groups (broad SMARTS) is 2. The number of anilines is 1. The van der Waals surface area contributed by atoms with Gasteiger partial charge in [-0.25, -0.2) is 14.0 Å². The lowest BCUT2D eigenvalue weighted by atomic mass is 10.2. The lowest BCUT2D eigenvalue weighted by Crippen LogP contribution is -2.35. The molecule has 0 amide bonds. The van der Waals surface area contributed by atoms with Crippen molar-refractivity contribution in [2.45, 2.75) is 20.0 Å². The van der Waals surface area contributed by atoms with E-state index in [4.69, 9.17) is 14.7 Å². The summed E-state index contributed by atoms with van der Waals surface area (Å²) in [5, 5.41) is 32.3. The van der Waals surface area contributed by atoms with Crippen LogP contribution in [0.3, 0.4) is 0 Å². The minimum absolute atomic E-state index is 0.234. The first-order valence-electron chi connectivity index (χ1n) is 9.13. The van der Waals surface area contributed by atoms with Crippen LogP contribution < -0.4 is 5.32 Å². The van der Waals surface area contributed by atoms with Gasteiger partial charge in [0.25, 0.3) is 0 Å². The minimum Gasteiger partial charge on any atom is -0.478 e. The van der Waals surface area contributed by atoms with Crippen molar-refractivity contribution in [2.24, 2.45) is 0 Å². The molecule has 2 rings (SSSR count). The monoisotopic (exact) mass is 424 g/mol. The maximum Gasteiger partial charge on any atom is 0.328 e. The predicted octanol–water partition coefficient (Wildman–Crippen LogP) is 1.70. The van der Waals surface area contributed by atoms with Crippen LogP contribution in [0.15, 0.2) is 40.9 Å². The maximum atomic E-state index is 12.9. The molecule has 0 radical (unpaired) electrons. The fraction of sp³-hybridized carbons (Fsp3) is 0.368. The Bertz CT molecular complexity index is 805. The van der Waals surface area contributed by atoms with Crippen molar-refractivity contribution >= 4 is 18.0 Å². The average molecular weight is 424 g/mol. The third-order valence-corrected chi connectivity index (χ3v) is 3.75. The van der Waals surface area contributed by atoms with Crippen LogP contribution in [0.5, 0.6) is 0 Å². The number of carbonyl (C=O) groups is 2. The maximum absolute atomic E-state index is 12.9. The van der Waals surface area contributed by atoms with Crippen molar-refractivity contribution in [2.75, 3.05) is 31.5 Å². The van der Waals surface area contributed by atoms with Gasteiger partial charge in [0, 0.05) is 30.8 Å². The zero-order valence-corrected chi connectivity index (χ0v) is 16.7. The summed E-state index contributed by atoms with van der Waals surface area (Å²) >= 11 is 0. The minimum atomic E-state index is -1.26. The van der Waals surface area contributed by atoms with E-state index in [1.165, 1.54) is 12.1 Å². The molecule has 0 saturated heterocycles. The highest BCUT2D eigenvalue weighted by atomic mass is 19.1. The van der Waals surface area contributed by atoms with Crippen LogP contribution in [0.1, 0.15) is 13.8 Å². The summed E-state index contributed by atoms with van der Waals surface area (Å²) in [6, 6.07) is 6.08. The van der Waals surface area contributed by atoms with Gasteiger partial charge in [-0.3, -0.25) is 0 Å². The molecule has 1 unspecified atom stereocenters. The number of halogens is 1. The summed E-state index contributed by atoms with van der Waals surface area (Å²) in [5.41, 5.74) is 0.668. The summed E-state index contributed by atoms with van der Waals surface area (Å²) in [6.45, 7) is 6.79. The lowest BCUT2D eigenvalue weighted by molar-refractivity contribution is -0.134. The summed E-state index contributed by atoms with van der Waals surface area (Å²) in [7, 11) is 0. The van der Waals surface area contributed by atoms with Crippen LogP contribution in [0, 0.1) is 5.82 Å². The van der Waals surface area contributed by atoms with Gasteiger partial charge in [-0.05, 0) is 37.4 Å². The highest BCUT2D eigenvalue weighted by Crippen LogP contribution is 2.17. The number of aliphatic hydroxyl groups is 1. The topological polar surface area (TPSA) is 149 Å². The Morgan fingerprint density at radius 3 is 2.23 bits per heavy atom. The van der Waals surface area contributed by atoms with Crippen molar-refractivity contribution in [1.82, 2.24) is 15.0 Å². The SMILES string of the molecule is CCN(CC)CC(O)CNc1nc(-c2ccc(F)cc2)no1.O=C(O)/C=C/C(=O)O. The number of nitrogens with zero attached hydrogens (tertiary/aromatic N) is 3. The first-order valence-corrected chi connectivity index (χ1v) is 9.13. The molecule has 2 aromatic rings. The van der Waals surface area contributed by atoms with E-state index < -0.39 is 18.0 Å². The fourth-order valence-electron chi connectivity index (χ4n) is 2.20. The Morgan fingerprint density at radius 1 is 1.17 bits per heavy atom. The second-order valence-electron chi connectivity index (χ2n) is 5.96. The molecule has 1 aromatic carbocycles. The predicted molar refractivity (Wildman–Crippen MR) is 106 cm³/mol. The largest absolute Gasteiger partial charge is 0.478 e. The quantitative estimate of drug-likeness (QED) is 0.415. The zero-order chi connectivity index (χ0) is 22.5. The van der Waals surface area contributed by atoms with E-state index in [0.29, 0.717) is 36.6 Å². The average Bonchev–Trinajstić information content (AvgIpc) is 3.19. The van der Waals surface area contributed by atoms with E-state index >= 15 is 0 Å². The number of aliphatic carboxylic acids is 2. The molecule has 30 heavy (non-hydrogen) atoms. The first kappa shape index (κ1) is 24.7. The smallest absolute Gasteiger partial charge is 0.328 e. The van der Waals surface area contributed by atoms with Gasteiger partial charge in [-0.1, -0.05) is 19.0 Å². The molecule has 1 atom stereocenters. The molecule has 4 N–H and O–H groups in total.